The van der Waals surface area contributed by atoms with Crippen LogP contribution in [0.2, 0.25) is 0 Å². The Balaban J connectivity index is 2.52. The molecular weight excluding hydrogens is 392 g/mol. The van der Waals surface area contributed by atoms with E-state index in [1.807, 2.05) is 58.6 Å². The van der Waals surface area contributed by atoms with Crippen LogP contribution in [0.25, 0.3) is 0 Å². The van der Waals surface area contributed by atoms with E-state index < -0.39 is 0 Å². The van der Waals surface area contributed by atoms with E-state index in [9.17, 15) is 14.4 Å². The second kappa shape index (κ2) is 10.7. The van der Waals surface area contributed by atoms with Gasteiger partial charge in [-0.3, -0.25) is 19.3 Å². The van der Waals surface area contributed by atoms with E-state index in [4.69, 9.17) is 0 Å². The SMILES string of the molecule is CCN(C(=O)CN(C)CCN(C)C)C1=C(N(CC)C(C)C)C(=O)c2ccccc2C1=O. The van der Waals surface area contributed by atoms with Crippen molar-refractivity contribution in [3.05, 3.63) is 46.8 Å². The maximum Gasteiger partial charge on any atom is 0.241 e. The molecule has 0 unspecified atom stereocenters. The molecule has 0 atom stereocenters. The van der Waals surface area contributed by atoms with E-state index in [2.05, 4.69) is 4.90 Å². The van der Waals surface area contributed by atoms with Crippen LogP contribution in [0, 0.1) is 0 Å². The van der Waals surface area contributed by atoms with E-state index in [1.54, 1.807) is 24.3 Å². The number of Topliss-reactive ketones (excluding diaryl/α,β-unsaturated/α-hetero) is 2. The molecule has 0 bridgehead atoms. The molecule has 7 heteroatoms. The van der Waals surface area contributed by atoms with Crippen LogP contribution in [-0.4, -0.2) is 97.0 Å². The number of hydrogen-bond donors (Lipinski definition) is 0. The minimum absolute atomic E-state index is 0.00795. The van der Waals surface area contributed by atoms with Gasteiger partial charge in [-0.25, -0.2) is 0 Å². The molecule has 0 saturated heterocycles. The third-order valence-electron chi connectivity index (χ3n) is 5.54. The molecule has 1 aliphatic rings. The van der Waals surface area contributed by atoms with Crippen LogP contribution < -0.4 is 0 Å². The van der Waals surface area contributed by atoms with Crippen LogP contribution in [0.15, 0.2) is 35.7 Å². The number of carbonyl (C=O) groups is 3. The van der Waals surface area contributed by atoms with Gasteiger partial charge in [0.05, 0.1) is 6.54 Å². The third-order valence-corrected chi connectivity index (χ3v) is 5.54. The lowest BCUT2D eigenvalue weighted by Crippen LogP contribution is -2.47. The van der Waals surface area contributed by atoms with Crippen molar-refractivity contribution in [3.63, 3.8) is 0 Å². The molecule has 1 aromatic carbocycles. The topological polar surface area (TPSA) is 64.2 Å². The van der Waals surface area contributed by atoms with Gasteiger partial charge >= 0.3 is 0 Å². The Morgan fingerprint density at radius 3 is 1.87 bits per heavy atom. The second-order valence-electron chi connectivity index (χ2n) is 8.46. The normalized spacial score (nSPS) is 14.0. The lowest BCUT2D eigenvalue weighted by Gasteiger charge is -2.37. The van der Waals surface area contributed by atoms with Crippen molar-refractivity contribution in [3.8, 4) is 0 Å². The molecule has 0 aliphatic heterocycles. The van der Waals surface area contributed by atoms with Crippen molar-refractivity contribution in [2.45, 2.75) is 33.7 Å². The fourth-order valence-electron chi connectivity index (χ4n) is 3.87. The minimum atomic E-state index is -0.268. The summed E-state index contributed by atoms with van der Waals surface area (Å²) in [5.41, 5.74) is 1.29. The van der Waals surface area contributed by atoms with Gasteiger partial charge in [0.1, 0.15) is 11.4 Å². The average Bonchev–Trinajstić information content (AvgIpc) is 2.72. The number of allylic oxidation sites excluding steroid dienone is 2. The number of carbonyl (C=O) groups excluding carboxylic acids is 3. The molecule has 0 heterocycles. The molecule has 2 rings (SSSR count). The Labute approximate surface area is 186 Å². The minimum Gasteiger partial charge on any atom is -0.364 e. The van der Waals surface area contributed by atoms with Gasteiger partial charge in [0, 0.05) is 43.3 Å². The Morgan fingerprint density at radius 2 is 1.42 bits per heavy atom. The standard InChI is InChI=1S/C24H36N4O3/c1-8-27(17(3)4)21-22(24(31)19-13-11-10-12-18(19)23(21)30)28(9-2)20(29)16-26(7)15-14-25(5)6/h10-13,17H,8-9,14-16H2,1-7H3. The van der Waals surface area contributed by atoms with Crippen molar-refractivity contribution in [2.75, 3.05) is 53.9 Å². The third kappa shape index (κ3) is 5.40. The molecule has 31 heavy (non-hydrogen) atoms. The van der Waals surface area contributed by atoms with Gasteiger partial charge in [-0.15, -0.1) is 0 Å². The Hall–Kier alpha value is -2.51. The van der Waals surface area contributed by atoms with E-state index >= 15 is 0 Å². The molecule has 1 aliphatic carbocycles. The van der Waals surface area contributed by atoms with Gasteiger partial charge < -0.3 is 14.7 Å². The highest BCUT2D eigenvalue weighted by molar-refractivity contribution is 6.27. The summed E-state index contributed by atoms with van der Waals surface area (Å²) in [5.74, 6) is -0.653. The van der Waals surface area contributed by atoms with Gasteiger partial charge in [0.25, 0.3) is 0 Å². The van der Waals surface area contributed by atoms with Gasteiger partial charge in [0.2, 0.25) is 17.5 Å². The highest BCUT2D eigenvalue weighted by atomic mass is 16.2. The Kier molecular flexibility index (Phi) is 8.53. The maximum absolute atomic E-state index is 13.6. The van der Waals surface area contributed by atoms with Gasteiger partial charge in [0.15, 0.2) is 0 Å². The number of hydrogen-bond acceptors (Lipinski definition) is 6. The van der Waals surface area contributed by atoms with E-state index in [1.165, 1.54) is 4.90 Å². The molecule has 1 aromatic rings. The zero-order valence-corrected chi connectivity index (χ0v) is 19.9. The summed E-state index contributed by atoms with van der Waals surface area (Å²) in [7, 11) is 5.86. The first-order valence-electron chi connectivity index (χ1n) is 11.0. The molecule has 0 N–H and O–H groups in total. The number of amides is 1. The van der Waals surface area contributed by atoms with Crippen molar-refractivity contribution in [1.82, 2.24) is 19.6 Å². The molecule has 0 aromatic heterocycles. The number of likely N-dealkylation sites (N-methyl/N-ethyl adjacent to an activating group) is 4. The van der Waals surface area contributed by atoms with Crippen LogP contribution in [-0.2, 0) is 4.79 Å². The number of rotatable bonds is 10. The maximum atomic E-state index is 13.6. The predicted octanol–water partition coefficient (Wildman–Crippen LogP) is 2.35. The van der Waals surface area contributed by atoms with Crippen LogP contribution in [0.5, 0.6) is 0 Å². The fourth-order valence-corrected chi connectivity index (χ4v) is 3.87. The summed E-state index contributed by atoms with van der Waals surface area (Å²) in [6.07, 6.45) is 0. The molecule has 0 radical (unpaired) electrons. The van der Waals surface area contributed by atoms with Crippen molar-refractivity contribution < 1.29 is 14.4 Å². The van der Waals surface area contributed by atoms with Gasteiger partial charge in [-0.1, -0.05) is 24.3 Å². The zero-order chi connectivity index (χ0) is 23.3. The molecular formula is C24H36N4O3. The summed E-state index contributed by atoms with van der Waals surface area (Å²) in [5, 5.41) is 0. The number of benzene rings is 1. The fraction of sp³-hybridized carbons (Fsp3) is 0.542. The molecule has 170 valence electrons. The predicted molar refractivity (Wildman–Crippen MR) is 123 cm³/mol. The number of fused-ring (bicyclic) bond motifs is 1. The first kappa shape index (κ1) is 24.8. The second-order valence-corrected chi connectivity index (χ2v) is 8.46. The summed E-state index contributed by atoms with van der Waals surface area (Å²) in [6, 6.07) is 6.88. The molecule has 7 nitrogen and oxygen atoms in total. The quantitative estimate of drug-likeness (QED) is 0.570. The van der Waals surface area contributed by atoms with E-state index in [0.29, 0.717) is 29.9 Å². The summed E-state index contributed by atoms with van der Waals surface area (Å²) >= 11 is 0. The lowest BCUT2D eigenvalue weighted by molar-refractivity contribution is -0.130. The largest absolute Gasteiger partial charge is 0.364 e. The van der Waals surface area contributed by atoms with Crippen molar-refractivity contribution >= 4 is 17.5 Å². The average molecular weight is 429 g/mol. The van der Waals surface area contributed by atoms with Crippen LogP contribution in [0.3, 0.4) is 0 Å². The summed E-state index contributed by atoms with van der Waals surface area (Å²) in [4.78, 5) is 47.8. The lowest BCUT2D eigenvalue weighted by atomic mass is 9.88. The van der Waals surface area contributed by atoms with Gasteiger partial charge in [-0.2, -0.15) is 0 Å². The summed E-state index contributed by atoms with van der Waals surface area (Å²) < 4.78 is 0. The van der Waals surface area contributed by atoms with Crippen LogP contribution in [0.1, 0.15) is 48.4 Å². The highest BCUT2D eigenvalue weighted by Crippen LogP contribution is 2.31. The first-order valence-corrected chi connectivity index (χ1v) is 11.0. The molecule has 0 saturated carbocycles. The highest BCUT2D eigenvalue weighted by Gasteiger charge is 2.39. The first-order chi connectivity index (χ1) is 14.6. The van der Waals surface area contributed by atoms with Crippen LogP contribution in [0.4, 0.5) is 0 Å². The van der Waals surface area contributed by atoms with Gasteiger partial charge in [-0.05, 0) is 48.8 Å². The van der Waals surface area contributed by atoms with Crippen LogP contribution >= 0.6 is 0 Å². The van der Waals surface area contributed by atoms with Crippen molar-refractivity contribution in [2.24, 2.45) is 0 Å². The monoisotopic (exact) mass is 428 g/mol. The molecule has 0 fully saturated rings. The number of nitrogens with zero attached hydrogens (tertiary/aromatic N) is 4. The van der Waals surface area contributed by atoms with E-state index in [0.717, 1.165) is 13.1 Å². The zero-order valence-electron chi connectivity index (χ0n) is 19.9. The molecule has 0 spiro atoms. The molecule has 1 amide bonds. The van der Waals surface area contributed by atoms with E-state index in [-0.39, 0.29) is 35.8 Å². The number of ketones is 2. The Bertz CT molecular complexity index is 860. The summed E-state index contributed by atoms with van der Waals surface area (Å²) in [6.45, 7) is 10.4. The van der Waals surface area contributed by atoms with Crippen molar-refractivity contribution in [1.29, 1.82) is 0 Å². The smallest absolute Gasteiger partial charge is 0.241 e. The Morgan fingerprint density at radius 1 is 0.871 bits per heavy atom.